The fourth-order valence-corrected chi connectivity index (χ4v) is 1.04. The number of carbonyl (C=O) groups is 1. The minimum atomic E-state index is 0. The van der Waals surface area contributed by atoms with Crippen molar-refractivity contribution >= 4 is 36.6 Å². The molecule has 0 saturated carbocycles. The summed E-state index contributed by atoms with van der Waals surface area (Å²) in [6.45, 7) is 0. The Labute approximate surface area is 96.0 Å². The van der Waals surface area contributed by atoms with Crippen molar-refractivity contribution in [1.29, 1.82) is 0 Å². The molecule has 0 aliphatic heterocycles. The van der Waals surface area contributed by atoms with E-state index >= 15 is 0 Å². The monoisotopic (exact) mass is 266 g/mol. The van der Waals surface area contributed by atoms with Gasteiger partial charge in [-0.05, 0) is 28.8 Å². The molecule has 0 atom stereocenters. The summed E-state index contributed by atoms with van der Waals surface area (Å²) in [6.07, 6.45) is 2.72. The van der Waals surface area contributed by atoms with Gasteiger partial charge in [0.25, 0.3) is 0 Å². The van der Waals surface area contributed by atoms with Crippen LogP contribution in [0.15, 0.2) is 0 Å². The van der Waals surface area contributed by atoms with Crippen LogP contribution in [0.25, 0.3) is 0 Å². The Balaban J connectivity index is -0.000000245. The van der Waals surface area contributed by atoms with Crippen LogP contribution in [-0.2, 0) is 4.79 Å². The summed E-state index contributed by atoms with van der Waals surface area (Å²) in [6, 6.07) is 0. The molecule has 0 bridgehead atoms. The Bertz CT molecular complexity index is 82.0. The zero-order valence-electron chi connectivity index (χ0n) is 6.49. The smallest absolute Gasteiger partial charge is 1.00 e. The largest absolute Gasteiger partial charge is 1.00 e. The number of alkyl halides is 1. The molecule has 4 heteroatoms. The molecular formula is C5H9Br2NaO. The van der Waals surface area contributed by atoms with Gasteiger partial charge in [-0.1, -0.05) is 15.9 Å². The molecule has 0 aromatic carbocycles. The normalized spacial score (nSPS) is 8.22. The Kier molecular flexibility index (Phi) is 14.2. The van der Waals surface area contributed by atoms with Crippen LogP contribution >= 0.6 is 31.9 Å². The number of rotatable bonds is 4. The van der Waals surface area contributed by atoms with Crippen LogP contribution in [0.5, 0.6) is 0 Å². The van der Waals surface area contributed by atoms with Crippen molar-refractivity contribution in [2.45, 2.75) is 19.3 Å². The van der Waals surface area contributed by atoms with Crippen LogP contribution < -0.4 is 29.6 Å². The third-order valence-corrected chi connectivity index (χ3v) is 1.71. The number of hydrogen-bond donors (Lipinski definition) is 0. The second-order valence-electron chi connectivity index (χ2n) is 1.50. The van der Waals surface area contributed by atoms with Gasteiger partial charge in [0.15, 0.2) is 4.69 Å². The van der Waals surface area contributed by atoms with E-state index in [-0.39, 0.29) is 35.7 Å². The molecule has 0 aromatic rings. The summed E-state index contributed by atoms with van der Waals surface area (Å²) in [7, 11) is 0. The van der Waals surface area contributed by atoms with Gasteiger partial charge in [-0.3, -0.25) is 4.79 Å². The molecule has 1 nitrogen and oxygen atoms in total. The quantitative estimate of drug-likeness (QED) is 0.293. The average Bonchev–Trinajstić information content (AvgIpc) is 1.66. The molecular weight excluding hydrogens is 259 g/mol. The van der Waals surface area contributed by atoms with Crippen LogP contribution in [0.4, 0.5) is 0 Å². The van der Waals surface area contributed by atoms with E-state index in [1.807, 2.05) is 0 Å². The molecule has 9 heavy (non-hydrogen) atoms. The van der Waals surface area contributed by atoms with Gasteiger partial charge >= 0.3 is 29.6 Å². The summed E-state index contributed by atoms with van der Waals surface area (Å²) in [4.78, 5) is 10.2. The Morgan fingerprint density at radius 3 is 2.33 bits per heavy atom. The average molecular weight is 268 g/mol. The molecule has 0 aliphatic rings. The molecule has 50 valence electrons. The van der Waals surface area contributed by atoms with Crippen molar-refractivity contribution in [3.05, 3.63) is 0 Å². The fourth-order valence-electron chi connectivity index (χ4n) is 0.358. The third-order valence-electron chi connectivity index (χ3n) is 0.757. The molecule has 0 aromatic heterocycles. The molecule has 0 spiro atoms. The van der Waals surface area contributed by atoms with Gasteiger partial charge < -0.3 is 1.43 Å². The maximum absolute atomic E-state index is 10.2. The Hall–Kier alpha value is 1.63. The summed E-state index contributed by atoms with van der Waals surface area (Å²) < 4.78 is 0.110. The third kappa shape index (κ3) is 12.8. The first-order valence-corrected chi connectivity index (χ1v) is 4.43. The first-order chi connectivity index (χ1) is 3.77. The van der Waals surface area contributed by atoms with Gasteiger partial charge in [0.05, 0.1) is 0 Å². The molecule has 0 unspecified atom stereocenters. The molecule has 0 heterocycles. The minimum absolute atomic E-state index is 0. The van der Waals surface area contributed by atoms with E-state index in [1.165, 1.54) is 0 Å². The van der Waals surface area contributed by atoms with E-state index in [9.17, 15) is 4.79 Å². The van der Waals surface area contributed by atoms with Crippen LogP contribution in [0, 0.1) is 0 Å². The van der Waals surface area contributed by atoms with E-state index < -0.39 is 0 Å². The van der Waals surface area contributed by atoms with Crippen molar-refractivity contribution in [3.63, 3.8) is 0 Å². The number of unbranched alkanes of at least 4 members (excludes halogenated alkanes) is 1. The second kappa shape index (κ2) is 9.63. The standard InChI is InChI=1S/C5H8Br2O.Na.H/c6-4-2-1-3-5(7)8;;/h1-4H2;;/q;+1;-1. The minimum Gasteiger partial charge on any atom is -1.00 e. The zero-order valence-corrected chi connectivity index (χ0v) is 10.7. The van der Waals surface area contributed by atoms with E-state index in [1.54, 1.807) is 0 Å². The second-order valence-corrected chi connectivity index (χ2v) is 3.18. The summed E-state index contributed by atoms with van der Waals surface area (Å²) in [5, 5.41) is 0.993. The van der Waals surface area contributed by atoms with Crippen LogP contribution in [0.2, 0.25) is 0 Å². The van der Waals surface area contributed by atoms with Gasteiger partial charge in [-0.2, -0.15) is 0 Å². The first-order valence-electron chi connectivity index (χ1n) is 2.51. The Morgan fingerprint density at radius 1 is 1.44 bits per heavy atom. The predicted molar refractivity (Wildman–Crippen MR) is 42.7 cm³/mol. The molecule has 0 N–H and O–H groups in total. The van der Waals surface area contributed by atoms with Crippen LogP contribution in [0.3, 0.4) is 0 Å². The van der Waals surface area contributed by atoms with Gasteiger partial charge in [0, 0.05) is 11.8 Å². The summed E-state index contributed by atoms with van der Waals surface area (Å²) >= 11 is 6.12. The van der Waals surface area contributed by atoms with Crippen molar-refractivity contribution in [1.82, 2.24) is 0 Å². The molecule has 0 amide bonds. The summed E-state index contributed by atoms with van der Waals surface area (Å²) in [5.41, 5.74) is 0. The molecule has 0 saturated heterocycles. The topological polar surface area (TPSA) is 17.1 Å². The molecule has 0 fully saturated rings. The predicted octanol–water partition coefficient (Wildman–Crippen LogP) is -0.410. The van der Waals surface area contributed by atoms with E-state index in [2.05, 4.69) is 31.9 Å². The van der Waals surface area contributed by atoms with E-state index in [4.69, 9.17) is 0 Å². The van der Waals surface area contributed by atoms with Crippen LogP contribution in [-0.4, -0.2) is 10.0 Å². The van der Waals surface area contributed by atoms with Gasteiger partial charge in [-0.15, -0.1) is 0 Å². The summed E-state index contributed by atoms with van der Waals surface area (Å²) in [5.74, 6) is 0. The zero-order chi connectivity index (χ0) is 6.41. The van der Waals surface area contributed by atoms with Crippen molar-refractivity contribution in [3.8, 4) is 0 Å². The molecule has 0 aliphatic carbocycles. The fraction of sp³-hybridized carbons (Fsp3) is 0.800. The van der Waals surface area contributed by atoms with Crippen molar-refractivity contribution < 1.29 is 35.8 Å². The number of halogens is 2. The molecule has 0 rings (SSSR count). The Morgan fingerprint density at radius 2 is 2.00 bits per heavy atom. The van der Waals surface area contributed by atoms with E-state index in [0.717, 1.165) is 18.2 Å². The van der Waals surface area contributed by atoms with Crippen molar-refractivity contribution in [2.24, 2.45) is 0 Å². The maximum Gasteiger partial charge on any atom is 1.00 e. The van der Waals surface area contributed by atoms with E-state index in [0.29, 0.717) is 6.42 Å². The number of carbonyl (C=O) groups excluding carboxylic acids is 1. The first kappa shape index (κ1) is 13.2. The maximum atomic E-state index is 10.2. The molecule has 0 radical (unpaired) electrons. The van der Waals surface area contributed by atoms with Crippen LogP contribution in [0.1, 0.15) is 20.7 Å². The van der Waals surface area contributed by atoms with Gasteiger partial charge in [0.2, 0.25) is 0 Å². The van der Waals surface area contributed by atoms with Crippen molar-refractivity contribution in [2.75, 3.05) is 5.33 Å². The van der Waals surface area contributed by atoms with Gasteiger partial charge in [0.1, 0.15) is 0 Å². The number of hydrogen-bond acceptors (Lipinski definition) is 1. The SMILES string of the molecule is O=C(Br)CCCCBr.[H-].[Na+]. The van der Waals surface area contributed by atoms with Gasteiger partial charge in [-0.25, -0.2) is 0 Å².